The number of para-hydroxylation sites is 1. The number of hydrogen-bond donors (Lipinski definition) is 2. The number of aryl methyl sites for hydroxylation is 1. The molecule has 0 atom stereocenters. The van der Waals surface area contributed by atoms with Gasteiger partial charge in [0.05, 0.1) is 22.5 Å². The quantitative estimate of drug-likeness (QED) is 0.649. The zero-order valence-corrected chi connectivity index (χ0v) is 17.0. The van der Waals surface area contributed by atoms with Gasteiger partial charge in [0.15, 0.2) is 0 Å². The van der Waals surface area contributed by atoms with Gasteiger partial charge in [-0.05, 0) is 48.2 Å². The number of nitrogens with zero attached hydrogens (tertiary/aromatic N) is 2. The van der Waals surface area contributed by atoms with Crippen molar-refractivity contribution in [3.63, 3.8) is 0 Å². The standard InChI is InChI=1S/C23H24ClN3O2/c24-20-4-1-3-19-22(20)25-21(26-23(19)29)5-2-12-27-13-10-18(11-14-27)17-8-6-16(15-28)7-9-17/h1,3-4,6-10,28H,2,5,11-15H2,(H,25,26,29). The van der Waals surface area contributed by atoms with Gasteiger partial charge in [0.25, 0.3) is 5.56 Å². The Labute approximate surface area is 174 Å². The van der Waals surface area contributed by atoms with E-state index in [0.29, 0.717) is 28.2 Å². The number of H-pyrrole nitrogens is 1. The molecule has 2 aromatic carbocycles. The molecule has 1 aliphatic rings. The van der Waals surface area contributed by atoms with E-state index >= 15 is 0 Å². The van der Waals surface area contributed by atoms with E-state index < -0.39 is 0 Å². The van der Waals surface area contributed by atoms with Crippen LogP contribution in [0.4, 0.5) is 0 Å². The highest BCUT2D eigenvalue weighted by molar-refractivity contribution is 6.34. The summed E-state index contributed by atoms with van der Waals surface area (Å²) in [7, 11) is 0. The zero-order chi connectivity index (χ0) is 20.2. The van der Waals surface area contributed by atoms with E-state index in [1.807, 2.05) is 12.1 Å². The molecule has 0 bridgehead atoms. The van der Waals surface area contributed by atoms with Gasteiger partial charge in [-0.3, -0.25) is 9.69 Å². The number of nitrogens with one attached hydrogen (secondary N) is 1. The molecule has 0 unspecified atom stereocenters. The van der Waals surface area contributed by atoms with E-state index in [-0.39, 0.29) is 12.2 Å². The van der Waals surface area contributed by atoms with Gasteiger partial charge in [0, 0.05) is 19.5 Å². The number of halogens is 1. The average molecular weight is 410 g/mol. The summed E-state index contributed by atoms with van der Waals surface area (Å²) in [6.07, 6.45) is 4.94. The molecule has 0 saturated heterocycles. The summed E-state index contributed by atoms with van der Waals surface area (Å²) < 4.78 is 0. The molecular weight excluding hydrogens is 386 g/mol. The Balaban J connectivity index is 1.34. The molecule has 0 amide bonds. The highest BCUT2D eigenvalue weighted by Crippen LogP contribution is 2.23. The zero-order valence-electron chi connectivity index (χ0n) is 16.2. The van der Waals surface area contributed by atoms with Crippen LogP contribution in [0.25, 0.3) is 16.5 Å². The lowest BCUT2D eigenvalue weighted by Crippen LogP contribution is -2.30. The number of hydrogen-bond acceptors (Lipinski definition) is 4. The molecule has 5 nitrogen and oxygen atoms in total. The van der Waals surface area contributed by atoms with Crippen molar-refractivity contribution in [2.75, 3.05) is 19.6 Å². The van der Waals surface area contributed by atoms with Crippen LogP contribution in [0, 0.1) is 0 Å². The Morgan fingerprint density at radius 2 is 2.00 bits per heavy atom. The summed E-state index contributed by atoms with van der Waals surface area (Å²) in [6.45, 7) is 2.97. The molecular formula is C23H24ClN3O2. The van der Waals surface area contributed by atoms with Gasteiger partial charge < -0.3 is 10.1 Å². The lowest BCUT2D eigenvalue weighted by molar-refractivity contribution is 0.282. The largest absolute Gasteiger partial charge is 0.392 e. The summed E-state index contributed by atoms with van der Waals surface area (Å²) in [4.78, 5) is 22.1. The van der Waals surface area contributed by atoms with Gasteiger partial charge in [0.1, 0.15) is 5.82 Å². The SMILES string of the molecule is O=c1[nH]c(CCCN2CC=C(c3ccc(CO)cc3)CC2)nc2c(Cl)cccc12. The summed E-state index contributed by atoms with van der Waals surface area (Å²) >= 11 is 6.20. The van der Waals surface area contributed by atoms with Crippen molar-refractivity contribution >= 4 is 28.1 Å². The van der Waals surface area contributed by atoms with Crippen LogP contribution in [0.5, 0.6) is 0 Å². The van der Waals surface area contributed by atoms with E-state index in [1.54, 1.807) is 18.2 Å². The fourth-order valence-electron chi connectivity index (χ4n) is 3.76. The van der Waals surface area contributed by atoms with E-state index in [4.69, 9.17) is 16.7 Å². The number of aromatic nitrogens is 2. The smallest absolute Gasteiger partial charge is 0.258 e. The minimum Gasteiger partial charge on any atom is -0.392 e. The third-order valence-electron chi connectivity index (χ3n) is 5.42. The van der Waals surface area contributed by atoms with E-state index in [0.717, 1.165) is 38.0 Å². The second-order valence-electron chi connectivity index (χ2n) is 7.39. The maximum absolute atomic E-state index is 12.2. The molecule has 29 heavy (non-hydrogen) atoms. The van der Waals surface area contributed by atoms with Crippen molar-refractivity contribution in [1.29, 1.82) is 0 Å². The first kappa shape index (κ1) is 19.8. The molecule has 1 aromatic heterocycles. The monoisotopic (exact) mass is 409 g/mol. The van der Waals surface area contributed by atoms with Gasteiger partial charge in [0.2, 0.25) is 0 Å². The van der Waals surface area contributed by atoms with Gasteiger partial charge in [-0.1, -0.05) is 48.0 Å². The fraction of sp³-hybridized carbons (Fsp3) is 0.304. The molecule has 4 rings (SSSR count). The average Bonchev–Trinajstić information content (AvgIpc) is 2.75. The molecule has 0 radical (unpaired) electrons. The van der Waals surface area contributed by atoms with Crippen LogP contribution >= 0.6 is 11.6 Å². The number of aliphatic hydroxyl groups excluding tert-OH is 1. The Morgan fingerprint density at radius 3 is 2.72 bits per heavy atom. The van der Waals surface area contributed by atoms with Crippen molar-refractivity contribution in [2.24, 2.45) is 0 Å². The molecule has 2 heterocycles. The lowest BCUT2D eigenvalue weighted by Gasteiger charge is -2.26. The first-order valence-electron chi connectivity index (χ1n) is 9.93. The van der Waals surface area contributed by atoms with Gasteiger partial charge in [-0.15, -0.1) is 0 Å². The molecule has 0 fully saturated rings. The molecule has 2 N–H and O–H groups in total. The van der Waals surface area contributed by atoms with Crippen LogP contribution < -0.4 is 5.56 Å². The van der Waals surface area contributed by atoms with Crippen molar-refractivity contribution in [1.82, 2.24) is 14.9 Å². The number of aromatic amines is 1. The van der Waals surface area contributed by atoms with Gasteiger partial charge in [-0.2, -0.15) is 0 Å². The molecule has 6 heteroatoms. The van der Waals surface area contributed by atoms with E-state index in [1.165, 1.54) is 11.1 Å². The van der Waals surface area contributed by atoms with Crippen LogP contribution in [-0.4, -0.2) is 39.6 Å². The predicted octanol–water partition coefficient (Wildman–Crippen LogP) is 3.79. The van der Waals surface area contributed by atoms with Crippen molar-refractivity contribution in [2.45, 2.75) is 25.9 Å². The number of rotatable bonds is 6. The molecule has 150 valence electrons. The highest BCUT2D eigenvalue weighted by atomic mass is 35.5. The Morgan fingerprint density at radius 1 is 1.17 bits per heavy atom. The fourth-order valence-corrected chi connectivity index (χ4v) is 3.98. The Bertz CT molecular complexity index is 1090. The predicted molar refractivity (Wildman–Crippen MR) is 117 cm³/mol. The van der Waals surface area contributed by atoms with Crippen molar-refractivity contribution in [3.8, 4) is 0 Å². The molecule has 0 aliphatic carbocycles. The molecule has 3 aromatic rings. The van der Waals surface area contributed by atoms with E-state index in [2.05, 4.69) is 33.1 Å². The minimum atomic E-state index is -0.134. The van der Waals surface area contributed by atoms with E-state index in [9.17, 15) is 4.79 Å². The van der Waals surface area contributed by atoms with Crippen LogP contribution in [0.2, 0.25) is 5.02 Å². The Hall–Kier alpha value is -2.47. The lowest BCUT2D eigenvalue weighted by atomic mass is 9.98. The van der Waals surface area contributed by atoms with Crippen LogP contribution in [0.1, 0.15) is 29.8 Å². The summed E-state index contributed by atoms with van der Waals surface area (Å²) in [6, 6.07) is 13.4. The van der Waals surface area contributed by atoms with Crippen LogP contribution in [0.15, 0.2) is 53.3 Å². The normalized spacial score (nSPS) is 14.9. The number of benzene rings is 2. The van der Waals surface area contributed by atoms with Crippen LogP contribution in [0.3, 0.4) is 0 Å². The molecule has 0 saturated carbocycles. The van der Waals surface area contributed by atoms with Crippen LogP contribution in [-0.2, 0) is 13.0 Å². The number of fused-ring (bicyclic) bond motifs is 1. The second kappa shape index (κ2) is 8.91. The van der Waals surface area contributed by atoms with Crippen molar-refractivity contribution in [3.05, 3.63) is 80.9 Å². The van der Waals surface area contributed by atoms with Gasteiger partial charge in [-0.25, -0.2) is 4.98 Å². The third kappa shape index (κ3) is 4.58. The number of aliphatic hydroxyl groups is 1. The maximum Gasteiger partial charge on any atom is 0.258 e. The minimum absolute atomic E-state index is 0.0800. The topological polar surface area (TPSA) is 69.2 Å². The third-order valence-corrected chi connectivity index (χ3v) is 5.73. The summed E-state index contributed by atoms with van der Waals surface area (Å²) in [5.41, 5.74) is 3.97. The molecule has 0 spiro atoms. The summed E-state index contributed by atoms with van der Waals surface area (Å²) in [5, 5.41) is 10.2. The first-order chi connectivity index (χ1) is 14.1. The van der Waals surface area contributed by atoms with Crippen molar-refractivity contribution < 1.29 is 5.11 Å². The maximum atomic E-state index is 12.2. The highest BCUT2D eigenvalue weighted by Gasteiger charge is 2.13. The molecule has 1 aliphatic heterocycles. The first-order valence-corrected chi connectivity index (χ1v) is 10.3. The Kier molecular flexibility index (Phi) is 6.09. The van der Waals surface area contributed by atoms with Gasteiger partial charge >= 0.3 is 0 Å². The summed E-state index contributed by atoms with van der Waals surface area (Å²) in [5.74, 6) is 0.688. The second-order valence-corrected chi connectivity index (χ2v) is 7.79.